The topological polar surface area (TPSA) is 70.8 Å². The van der Waals surface area contributed by atoms with E-state index in [1.165, 1.54) is 18.6 Å². The standard InChI is InChI=1S/C27H23Cl2NO4/c1-30(17-5-3-2-4-6-17)27(33)16-9-7-15(8-10-16)26-18-11-20(28)22(31)13-24(18)34-25-14-23(32)21(29)12-19(25)26/h7-14,17,31H,2-6H2,1H3. The third kappa shape index (κ3) is 4.04. The first-order valence-electron chi connectivity index (χ1n) is 11.3. The number of aromatic hydroxyl groups is 1. The van der Waals surface area contributed by atoms with Gasteiger partial charge in [0.15, 0.2) is 0 Å². The molecule has 2 aliphatic carbocycles. The largest absolute Gasteiger partial charge is 0.506 e. The fraction of sp³-hybridized carbons (Fsp3) is 0.259. The zero-order valence-corrected chi connectivity index (χ0v) is 20.1. The third-order valence-electron chi connectivity index (χ3n) is 6.71. The van der Waals surface area contributed by atoms with Crippen molar-refractivity contribution < 1.29 is 14.3 Å². The lowest BCUT2D eigenvalue weighted by molar-refractivity contribution is 0.0696. The van der Waals surface area contributed by atoms with Gasteiger partial charge in [0.1, 0.15) is 17.1 Å². The number of hydrogen-bond donors (Lipinski definition) is 1. The van der Waals surface area contributed by atoms with Crippen LogP contribution in [-0.2, 0) is 0 Å². The first-order chi connectivity index (χ1) is 16.3. The highest BCUT2D eigenvalue weighted by Crippen LogP contribution is 2.43. The van der Waals surface area contributed by atoms with Gasteiger partial charge in [0, 0.05) is 47.3 Å². The maximum Gasteiger partial charge on any atom is 0.253 e. The molecule has 0 aromatic heterocycles. The third-order valence-corrected chi connectivity index (χ3v) is 7.30. The van der Waals surface area contributed by atoms with Gasteiger partial charge in [-0.3, -0.25) is 9.59 Å². The van der Waals surface area contributed by atoms with Crippen molar-refractivity contribution in [3.8, 4) is 28.2 Å². The Balaban J connectivity index is 1.62. The maximum absolute atomic E-state index is 13.1. The van der Waals surface area contributed by atoms with Gasteiger partial charge in [-0.2, -0.15) is 0 Å². The molecule has 5 rings (SSSR count). The zero-order chi connectivity index (χ0) is 24.0. The summed E-state index contributed by atoms with van der Waals surface area (Å²) in [5, 5.41) is 11.0. The van der Waals surface area contributed by atoms with Crippen molar-refractivity contribution in [1.29, 1.82) is 0 Å². The smallest absolute Gasteiger partial charge is 0.253 e. The van der Waals surface area contributed by atoms with Crippen molar-refractivity contribution >= 4 is 40.1 Å². The molecule has 7 heteroatoms. The van der Waals surface area contributed by atoms with E-state index < -0.39 is 0 Å². The molecular weight excluding hydrogens is 473 g/mol. The van der Waals surface area contributed by atoms with Crippen LogP contribution in [0.1, 0.15) is 42.5 Å². The molecule has 1 aliphatic heterocycles. The number of carbonyl (C=O) groups is 1. The highest BCUT2D eigenvalue weighted by molar-refractivity contribution is 6.33. The number of phenolic OH excluding ortho intramolecular Hbond substituents is 1. The number of halogens is 2. The summed E-state index contributed by atoms with van der Waals surface area (Å²) in [7, 11) is 1.88. The van der Waals surface area contributed by atoms with E-state index in [0.29, 0.717) is 27.9 Å². The van der Waals surface area contributed by atoms with Crippen LogP contribution >= 0.6 is 23.2 Å². The molecule has 1 fully saturated rings. The predicted octanol–water partition coefficient (Wildman–Crippen LogP) is 6.98. The van der Waals surface area contributed by atoms with Crippen molar-refractivity contribution in [2.75, 3.05) is 7.05 Å². The van der Waals surface area contributed by atoms with Gasteiger partial charge in [0.25, 0.3) is 5.91 Å². The molecule has 1 saturated carbocycles. The van der Waals surface area contributed by atoms with Crippen LogP contribution < -0.4 is 5.43 Å². The van der Waals surface area contributed by atoms with Gasteiger partial charge in [-0.15, -0.1) is 0 Å². The Morgan fingerprint density at radius 3 is 2.41 bits per heavy atom. The number of nitrogens with zero attached hydrogens (tertiary/aromatic N) is 1. The zero-order valence-electron chi connectivity index (χ0n) is 18.6. The molecule has 5 nitrogen and oxygen atoms in total. The monoisotopic (exact) mass is 495 g/mol. The maximum atomic E-state index is 13.1. The molecule has 0 bridgehead atoms. The lowest BCUT2D eigenvalue weighted by Crippen LogP contribution is -2.38. The summed E-state index contributed by atoms with van der Waals surface area (Å²) in [5.41, 5.74) is 2.83. The predicted molar refractivity (Wildman–Crippen MR) is 135 cm³/mol. The molecule has 174 valence electrons. The summed E-state index contributed by atoms with van der Waals surface area (Å²) < 4.78 is 5.90. The summed E-state index contributed by atoms with van der Waals surface area (Å²) in [6.45, 7) is 0. The number of phenols is 1. The van der Waals surface area contributed by atoms with Crippen LogP contribution in [0.25, 0.3) is 33.4 Å². The Morgan fingerprint density at radius 1 is 1.00 bits per heavy atom. The Morgan fingerprint density at radius 2 is 1.71 bits per heavy atom. The number of amides is 1. The average molecular weight is 496 g/mol. The molecular formula is C27H23Cl2NO4. The molecule has 2 aromatic rings. The highest BCUT2D eigenvalue weighted by atomic mass is 35.5. The van der Waals surface area contributed by atoms with Gasteiger partial charge >= 0.3 is 0 Å². The van der Waals surface area contributed by atoms with Crippen molar-refractivity contribution in [2.24, 2.45) is 0 Å². The van der Waals surface area contributed by atoms with Gasteiger partial charge in [-0.05, 0) is 42.7 Å². The quantitative estimate of drug-likeness (QED) is 0.311. The Bertz CT molecular complexity index is 1420. The summed E-state index contributed by atoms with van der Waals surface area (Å²) in [5.74, 6) is 0.227. The minimum absolute atomic E-state index is 0.00300. The molecule has 3 aliphatic rings. The van der Waals surface area contributed by atoms with E-state index in [9.17, 15) is 14.7 Å². The van der Waals surface area contributed by atoms with E-state index in [1.54, 1.807) is 12.1 Å². The van der Waals surface area contributed by atoms with Crippen molar-refractivity contribution in [3.05, 3.63) is 74.4 Å². The molecule has 0 radical (unpaired) electrons. The molecule has 0 spiro atoms. The minimum atomic E-state index is -0.354. The summed E-state index contributed by atoms with van der Waals surface area (Å²) in [6, 6.07) is 13.6. The molecule has 34 heavy (non-hydrogen) atoms. The molecule has 1 N–H and O–H groups in total. The van der Waals surface area contributed by atoms with Crippen LogP contribution in [0.15, 0.2) is 57.7 Å². The molecule has 1 heterocycles. The number of hydrogen-bond acceptors (Lipinski definition) is 4. The summed E-state index contributed by atoms with van der Waals surface area (Å²) >= 11 is 12.4. The Labute approximate surface area is 206 Å². The van der Waals surface area contributed by atoms with Gasteiger partial charge in [0.05, 0.1) is 10.0 Å². The highest BCUT2D eigenvalue weighted by Gasteiger charge is 2.24. The van der Waals surface area contributed by atoms with Crippen LogP contribution in [0.4, 0.5) is 0 Å². The van der Waals surface area contributed by atoms with Crippen LogP contribution in [0.2, 0.25) is 10.0 Å². The number of benzene rings is 3. The van der Waals surface area contributed by atoms with E-state index in [-0.39, 0.29) is 33.2 Å². The van der Waals surface area contributed by atoms with Gasteiger partial charge in [-0.1, -0.05) is 54.6 Å². The second kappa shape index (κ2) is 8.97. The second-order valence-corrected chi connectivity index (χ2v) is 9.66. The van der Waals surface area contributed by atoms with E-state index in [4.69, 9.17) is 27.6 Å². The summed E-state index contributed by atoms with van der Waals surface area (Å²) in [6.07, 6.45) is 5.64. The van der Waals surface area contributed by atoms with Crippen molar-refractivity contribution in [2.45, 2.75) is 38.1 Å². The lowest BCUT2D eigenvalue weighted by Gasteiger charge is -2.31. The Hall–Kier alpha value is -3.02. The molecule has 1 amide bonds. The van der Waals surface area contributed by atoms with Crippen molar-refractivity contribution in [1.82, 2.24) is 4.90 Å². The van der Waals surface area contributed by atoms with Crippen LogP contribution in [0, 0.1) is 0 Å². The van der Waals surface area contributed by atoms with E-state index in [2.05, 4.69) is 0 Å². The lowest BCUT2D eigenvalue weighted by atomic mass is 9.92. The average Bonchev–Trinajstić information content (AvgIpc) is 2.84. The first kappa shape index (κ1) is 22.8. The fourth-order valence-corrected chi connectivity index (χ4v) is 5.16. The van der Waals surface area contributed by atoms with Gasteiger partial charge < -0.3 is 14.4 Å². The van der Waals surface area contributed by atoms with Crippen molar-refractivity contribution in [3.63, 3.8) is 0 Å². The van der Waals surface area contributed by atoms with E-state index in [1.807, 2.05) is 36.2 Å². The van der Waals surface area contributed by atoms with Crippen LogP contribution in [0.3, 0.4) is 0 Å². The molecule has 0 unspecified atom stereocenters. The molecule has 2 aromatic carbocycles. The first-order valence-corrected chi connectivity index (χ1v) is 12.1. The Kier molecular flexibility index (Phi) is 6.00. The second-order valence-electron chi connectivity index (χ2n) is 8.84. The normalized spacial score (nSPS) is 14.6. The number of carbonyl (C=O) groups excluding carboxylic acids is 1. The summed E-state index contributed by atoms with van der Waals surface area (Å²) in [4.78, 5) is 27.1. The molecule has 0 atom stereocenters. The van der Waals surface area contributed by atoms with Crippen LogP contribution in [0.5, 0.6) is 5.75 Å². The van der Waals surface area contributed by atoms with Gasteiger partial charge in [-0.25, -0.2) is 0 Å². The number of rotatable bonds is 3. The van der Waals surface area contributed by atoms with Crippen LogP contribution in [-0.4, -0.2) is 29.0 Å². The fourth-order valence-electron chi connectivity index (χ4n) is 4.83. The van der Waals surface area contributed by atoms with E-state index >= 15 is 0 Å². The molecule has 0 saturated heterocycles. The van der Waals surface area contributed by atoms with E-state index in [0.717, 1.165) is 36.8 Å². The number of fused-ring (bicyclic) bond motifs is 2. The minimum Gasteiger partial charge on any atom is -0.506 e. The van der Waals surface area contributed by atoms with Gasteiger partial charge in [0.2, 0.25) is 5.43 Å². The SMILES string of the molecule is CN(C(=O)c1ccc(-c2c3cc(Cl)c(=O)cc-3oc3cc(O)c(Cl)cc23)cc1)C1CCCCC1.